The van der Waals surface area contributed by atoms with Crippen LogP contribution in [0.25, 0.3) is 0 Å². The van der Waals surface area contributed by atoms with Crippen LogP contribution >= 0.6 is 0 Å². The molecule has 7 nitrogen and oxygen atoms in total. The molecule has 1 N–H and O–H groups in total. The van der Waals surface area contributed by atoms with E-state index in [4.69, 9.17) is 0 Å². The first-order chi connectivity index (χ1) is 12.5. The highest BCUT2D eigenvalue weighted by molar-refractivity contribution is 7.91. The quantitative estimate of drug-likeness (QED) is 0.863. The van der Waals surface area contributed by atoms with Gasteiger partial charge in [0.2, 0.25) is 0 Å². The zero-order chi connectivity index (χ0) is 18.1. The summed E-state index contributed by atoms with van der Waals surface area (Å²) >= 11 is 0. The Morgan fingerprint density at radius 3 is 2.65 bits per heavy atom. The lowest BCUT2D eigenvalue weighted by Gasteiger charge is -2.29. The van der Waals surface area contributed by atoms with E-state index in [2.05, 4.69) is 38.4 Å². The molecule has 1 unspecified atom stereocenters. The molecule has 3 heterocycles. The van der Waals surface area contributed by atoms with Crippen molar-refractivity contribution in [2.45, 2.75) is 25.4 Å². The number of fused-ring (bicyclic) bond motifs is 1. The largest absolute Gasteiger partial charge is 0.351 e. The van der Waals surface area contributed by atoms with E-state index in [1.54, 1.807) is 6.20 Å². The molecule has 2 aliphatic heterocycles. The Kier molecular flexibility index (Phi) is 4.36. The van der Waals surface area contributed by atoms with E-state index in [-0.39, 0.29) is 29.1 Å². The first kappa shape index (κ1) is 17.0. The van der Waals surface area contributed by atoms with Crippen molar-refractivity contribution < 1.29 is 13.2 Å². The lowest BCUT2D eigenvalue weighted by molar-refractivity contribution is 0.0935. The molecular weight excluding hydrogens is 352 g/mol. The first-order valence-electron chi connectivity index (χ1n) is 8.65. The van der Waals surface area contributed by atoms with Crippen LogP contribution in [-0.4, -0.2) is 48.4 Å². The zero-order valence-electron chi connectivity index (χ0n) is 14.3. The highest BCUT2D eigenvalue weighted by atomic mass is 32.2. The number of anilines is 1. The minimum absolute atomic E-state index is 0.00254. The Labute approximate surface area is 152 Å². The summed E-state index contributed by atoms with van der Waals surface area (Å²) in [5.74, 6) is 0.478. The average molecular weight is 372 g/mol. The molecule has 1 fully saturated rings. The number of carbonyl (C=O) groups excluding carboxylic acids is 1. The Hall–Kier alpha value is -2.48. The molecule has 26 heavy (non-hydrogen) atoms. The SMILES string of the molecule is O=C(NC1CCS(=O)(=O)C1)c1cnc(N2CCc3ccccc3C2)cn1. The summed E-state index contributed by atoms with van der Waals surface area (Å²) in [5, 5.41) is 2.73. The van der Waals surface area contributed by atoms with Crippen LogP contribution in [0.2, 0.25) is 0 Å². The number of hydrogen-bond donors (Lipinski definition) is 1. The fourth-order valence-electron chi connectivity index (χ4n) is 3.46. The van der Waals surface area contributed by atoms with Gasteiger partial charge in [0.25, 0.3) is 5.91 Å². The van der Waals surface area contributed by atoms with Crippen molar-refractivity contribution in [1.29, 1.82) is 0 Å². The van der Waals surface area contributed by atoms with Gasteiger partial charge >= 0.3 is 0 Å². The van der Waals surface area contributed by atoms with Crippen molar-refractivity contribution in [3.05, 3.63) is 53.5 Å². The number of nitrogens with one attached hydrogen (secondary N) is 1. The summed E-state index contributed by atoms with van der Waals surface area (Å²) < 4.78 is 23.0. The van der Waals surface area contributed by atoms with E-state index in [1.807, 2.05) is 6.07 Å². The van der Waals surface area contributed by atoms with Gasteiger partial charge in [0, 0.05) is 19.1 Å². The number of sulfone groups is 1. The van der Waals surface area contributed by atoms with E-state index < -0.39 is 9.84 Å². The third-order valence-electron chi connectivity index (χ3n) is 4.89. The zero-order valence-corrected chi connectivity index (χ0v) is 15.1. The Morgan fingerprint density at radius 2 is 1.96 bits per heavy atom. The topological polar surface area (TPSA) is 92.3 Å². The number of nitrogens with zero attached hydrogens (tertiary/aromatic N) is 3. The number of hydrogen-bond acceptors (Lipinski definition) is 6. The molecule has 1 aromatic carbocycles. The van der Waals surface area contributed by atoms with Crippen LogP contribution in [0.15, 0.2) is 36.7 Å². The molecule has 0 spiro atoms. The number of aromatic nitrogens is 2. The number of amides is 1. The smallest absolute Gasteiger partial charge is 0.271 e. The number of rotatable bonds is 3. The molecule has 0 saturated carbocycles. The molecule has 2 aromatic rings. The lowest BCUT2D eigenvalue weighted by Crippen LogP contribution is -2.36. The summed E-state index contributed by atoms with van der Waals surface area (Å²) in [6.07, 6.45) is 4.46. The second kappa shape index (κ2) is 6.68. The van der Waals surface area contributed by atoms with Crippen molar-refractivity contribution >= 4 is 21.6 Å². The van der Waals surface area contributed by atoms with Crippen molar-refractivity contribution in [1.82, 2.24) is 15.3 Å². The van der Waals surface area contributed by atoms with Crippen LogP contribution in [-0.2, 0) is 22.8 Å². The average Bonchev–Trinajstić information content (AvgIpc) is 2.99. The third-order valence-corrected chi connectivity index (χ3v) is 6.66. The predicted molar refractivity (Wildman–Crippen MR) is 97.8 cm³/mol. The van der Waals surface area contributed by atoms with E-state index in [9.17, 15) is 13.2 Å². The molecule has 1 amide bonds. The van der Waals surface area contributed by atoms with Gasteiger partial charge in [-0.2, -0.15) is 0 Å². The van der Waals surface area contributed by atoms with E-state index in [0.717, 1.165) is 25.3 Å². The van der Waals surface area contributed by atoms with Gasteiger partial charge in [-0.1, -0.05) is 24.3 Å². The van der Waals surface area contributed by atoms with Gasteiger partial charge < -0.3 is 10.2 Å². The van der Waals surface area contributed by atoms with Crippen LogP contribution in [0.5, 0.6) is 0 Å². The molecule has 0 radical (unpaired) electrons. The van der Waals surface area contributed by atoms with E-state index in [0.29, 0.717) is 6.42 Å². The third kappa shape index (κ3) is 3.55. The van der Waals surface area contributed by atoms with E-state index in [1.165, 1.54) is 17.3 Å². The maximum atomic E-state index is 12.2. The lowest BCUT2D eigenvalue weighted by atomic mass is 10.0. The van der Waals surface area contributed by atoms with Crippen molar-refractivity contribution in [2.24, 2.45) is 0 Å². The number of carbonyl (C=O) groups is 1. The van der Waals surface area contributed by atoms with Gasteiger partial charge in [-0.25, -0.2) is 18.4 Å². The van der Waals surface area contributed by atoms with Crippen LogP contribution in [0.1, 0.15) is 28.0 Å². The minimum atomic E-state index is -3.03. The monoisotopic (exact) mass is 372 g/mol. The van der Waals surface area contributed by atoms with E-state index >= 15 is 0 Å². The molecule has 2 aliphatic rings. The maximum absolute atomic E-state index is 12.2. The van der Waals surface area contributed by atoms with Crippen LogP contribution in [0, 0.1) is 0 Å². The first-order valence-corrected chi connectivity index (χ1v) is 10.5. The summed E-state index contributed by atoms with van der Waals surface area (Å²) in [6, 6.07) is 8.01. The van der Waals surface area contributed by atoms with Gasteiger partial charge in [-0.3, -0.25) is 4.79 Å². The predicted octanol–water partition coefficient (Wildman–Crippen LogP) is 0.956. The van der Waals surface area contributed by atoms with Gasteiger partial charge in [-0.15, -0.1) is 0 Å². The summed E-state index contributed by atoms with van der Waals surface area (Å²) in [5.41, 5.74) is 2.85. The maximum Gasteiger partial charge on any atom is 0.271 e. The highest BCUT2D eigenvalue weighted by Crippen LogP contribution is 2.22. The van der Waals surface area contributed by atoms with Crippen LogP contribution in [0.3, 0.4) is 0 Å². The van der Waals surface area contributed by atoms with Crippen molar-refractivity contribution in [3.63, 3.8) is 0 Å². The summed E-state index contributed by atoms with van der Waals surface area (Å²) in [7, 11) is -3.03. The highest BCUT2D eigenvalue weighted by Gasteiger charge is 2.29. The second-order valence-electron chi connectivity index (χ2n) is 6.77. The van der Waals surface area contributed by atoms with Gasteiger partial charge in [0.05, 0.1) is 23.9 Å². The second-order valence-corrected chi connectivity index (χ2v) is 9.00. The van der Waals surface area contributed by atoms with Crippen LogP contribution < -0.4 is 10.2 Å². The fraction of sp³-hybridized carbons (Fsp3) is 0.389. The normalized spacial score (nSPS) is 21.2. The van der Waals surface area contributed by atoms with Gasteiger partial charge in [0.15, 0.2) is 9.84 Å². The minimum Gasteiger partial charge on any atom is -0.351 e. The molecule has 0 bridgehead atoms. The molecular formula is C18H20N4O3S. The van der Waals surface area contributed by atoms with Crippen molar-refractivity contribution in [3.8, 4) is 0 Å². The van der Waals surface area contributed by atoms with Gasteiger partial charge in [0.1, 0.15) is 11.5 Å². The molecule has 0 aliphatic carbocycles. The fourth-order valence-corrected chi connectivity index (χ4v) is 5.13. The van der Waals surface area contributed by atoms with Gasteiger partial charge in [-0.05, 0) is 24.0 Å². The Balaban J connectivity index is 1.42. The molecule has 1 saturated heterocycles. The standard InChI is InChI=1S/C18H20N4O3S/c23-18(21-15-6-8-26(24,25)12-15)16-9-20-17(10-19-16)22-7-5-13-3-1-2-4-14(13)11-22/h1-4,9-10,15H,5-8,11-12H2,(H,21,23). The summed E-state index contributed by atoms with van der Waals surface area (Å²) in [6.45, 7) is 1.63. The Morgan fingerprint density at radius 1 is 1.15 bits per heavy atom. The summed E-state index contributed by atoms with van der Waals surface area (Å²) in [4.78, 5) is 23.0. The Bertz CT molecular complexity index is 928. The molecule has 136 valence electrons. The molecule has 1 atom stereocenters. The molecule has 1 aromatic heterocycles. The van der Waals surface area contributed by atoms with Crippen LogP contribution in [0.4, 0.5) is 5.82 Å². The van der Waals surface area contributed by atoms with Crippen molar-refractivity contribution in [2.75, 3.05) is 23.0 Å². The molecule has 8 heteroatoms. The number of benzene rings is 1. The molecule has 4 rings (SSSR count).